The van der Waals surface area contributed by atoms with E-state index in [-0.39, 0.29) is 6.04 Å². The van der Waals surface area contributed by atoms with Crippen molar-refractivity contribution in [2.45, 2.75) is 13.0 Å². The van der Waals surface area contributed by atoms with Gasteiger partial charge in [0.15, 0.2) is 5.11 Å². The molecule has 100 valence electrons. The summed E-state index contributed by atoms with van der Waals surface area (Å²) in [5.41, 5.74) is 1.16. The van der Waals surface area contributed by atoms with E-state index in [1.54, 1.807) is 14.2 Å². The van der Waals surface area contributed by atoms with Crippen LogP contribution >= 0.6 is 12.2 Å². The summed E-state index contributed by atoms with van der Waals surface area (Å²) < 4.78 is 10.1. The van der Waals surface area contributed by atoms with Crippen molar-refractivity contribution < 1.29 is 9.47 Å². The van der Waals surface area contributed by atoms with Gasteiger partial charge in [-0.25, -0.2) is 0 Å². The Hall–Kier alpha value is -1.33. The van der Waals surface area contributed by atoms with E-state index in [4.69, 9.17) is 21.7 Å². The van der Waals surface area contributed by atoms with E-state index >= 15 is 0 Å². The molecule has 0 saturated carbocycles. The maximum Gasteiger partial charge on any atom is 0.166 e. The molecular weight excluding hydrogens is 248 g/mol. The van der Waals surface area contributed by atoms with Crippen LogP contribution in [0, 0.1) is 0 Å². The van der Waals surface area contributed by atoms with Gasteiger partial charge in [-0.2, -0.15) is 0 Å². The van der Waals surface area contributed by atoms with Crippen molar-refractivity contribution >= 4 is 17.3 Å². The lowest BCUT2D eigenvalue weighted by Gasteiger charge is -2.17. The highest BCUT2D eigenvalue weighted by atomic mass is 32.1. The average molecular weight is 268 g/mol. The Morgan fingerprint density at radius 2 is 1.94 bits per heavy atom. The van der Waals surface area contributed by atoms with Crippen molar-refractivity contribution in [1.29, 1.82) is 0 Å². The Morgan fingerprint density at radius 1 is 1.28 bits per heavy atom. The molecule has 0 amide bonds. The van der Waals surface area contributed by atoms with Gasteiger partial charge in [-0.3, -0.25) is 0 Å². The number of nitrogens with one attached hydrogen (secondary N) is 2. The third-order valence-corrected chi connectivity index (χ3v) is 2.82. The number of hydrogen-bond acceptors (Lipinski definition) is 3. The van der Waals surface area contributed by atoms with Gasteiger partial charge in [0.2, 0.25) is 0 Å². The zero-order chi connectivity index (χ0) is 13.4. The molecule has 4 nitrogen and oxygen atoms in total. The van der Waals surface area contributed by atoms with E-state index in [1.165, 1.54) is 0 Å². The van der Waals surface area contributed by atoms with Gasteiger partial charge in [-0.15, -0.1) is 0 Å². The molecule has 18 heavy (non-hydrogen) atoms. The van der Waals surface area contributed by atoms with Crippen LogP contribution in [0.2, 0.25) is 0 Å². The zero-order valence-corrected chi connectivity index (χ0v) is 11.8. The number of methoxy groups -OCH3 is 2. The lowest BCUT2D eigenvalue weighted by atomic mass is 10.1. The van der Waals surface area contributed by atoms with Gasteiger partial charge in [0.05, 0.1) is 19.8 Å². The van der Waals surface area contributed by atoms with Crippen LogP contribution in [-0.4, -0.2) is 32.5 Å². The first-order chi connectivity index (χ1) is 8.67. The molecule has 0 spiro atoms. The number of ether oxygens (including phenoxy) is 2. The predicted molar refractivity (Wildman–Crippen MR) is 77.0 cm³/mol. The largest absolute Gasteiger partial charge is 0.497 e. The van der Waals surface area contributed by atoms with Crippen LogP contribution < -0.4 is 15.4 Å². The molecule has 1 unspecified atom stereocenters. The van der Waals surface area contributed by atoms with Crippen molar-refractivity contribution in [1.82, 2.24) is 10.6 Å². The quantitative estimate of drug-likeness (QED) is 0.609. The third kappa shape index (κ3) is 4.89. The number of rotatable bonds is 6. The van der Waals surface area contributed by atoms with E-state index in [0.29, 0.717) is 18.3 Å². The molecule has 0 aromatic heterocycles. The van der Waals surface area contributed by atoms with Crippen LogP contribution in [0.1, 0.15) is 18.5 Å². The summed E-state index contributed by atoms with van der Waals surface area (Å²) in [6.07, 6.45) is 0. The molecule has 0 radical (unpaired) electrons. The second-order valence-electron chi connectivity index (χ2n) is 3.89. The SMILES string of the molecule is COCCNC(=S)NC(C)c1ccc(OC)cc1. The fraction of sp³-hybridized carbons (Fsp3) is 0.462. The monoisotopic (exact) mass is 268 g/mol. The molecular formula is C13H20N2O2S. The summed E-state index contributed by atoms with van der Waals surface area (Å²) >= 11 is 5.19. The second kappa shape index (κ2) is 7.89. The minimum absolute atomic E-state index is 0.151. The van der Waals surface area contributed by atoms with Crippen molar-refractivity contribution in [3.8, 4) is 5.75 Å². The highest BCUT2D eigenvalue weighted by molar-refractivity contribution is 7.80. The Balaban J connectivity index is 2.43. The minimum atomic E-state index is 0.151. The first-order valence-electron chi connectivity index (χ1n) is 5.84. The fourth-order valence-electron chi connectivity index (χ4n) is 1.49. The molecule has 1 rings (SSSR count). The lowest BCUT2D eigenvalue weighted by molar-refractivity contribution is 0.204. The third-order valence-electron chi connectivity index (χ3n) is 2.56. The molecule has 0 aliphatic heterocycles. The highest BCUT2D eigenvalue weighted by Gasteiger charge is 2.06. The normalized spacial score (nSPS) is 11.7. The smallest absolute Gasteiger partial charge is 0.166 e. The number of thiocarbonyl (C=S) groups is 1. The molecule has 0 fully saturated rings. The van der Waals surface area contributed by atoms with Crippen LogP contribution in [0.4, 0.5) is 0 Å². The van der Waals surface area contributed by atoms with E-state index in [1.807, 2.05) is 24.3 Å². The summed E-state index contributed by atoms with van der Waals surface area (Å²) in [4.78, 5) is 0. The van der Waals surface area contributed by atoms with E-state index in [2.05, 4.69) is 17.6 Å². The number of hydrogen-bond donors (Lipinski definition) is 2. The Kier molecular flexibility index (Phi) is 6.46. The van der Waals surface area contributed by atoms with Crippen LogP contribution in [0.5, 0.6) is 5.75 Å². The molecule has 1 aromatic rings. The topological polar surface area (TPSA) is 42.5 Å². The summed E-state index contributed by atoms with van der Waals surface area (Å²) in [6, 6.07) is 8.07. The second-order valence-corrected chi connectivity index (χ2v) is 4.30. The van der Waals surface area contributed by atoms with Gasteiger partial charge < -0.3 is 20.1 Å². The molecule has 0 heterocycles. The van der Waals surface area contributed by atoms with Gasteiger partial charge in [0.25, 0.3) is 0 Å². The van der Waals surface area contributed by atoms with Crippen LogP contribution in [-0.2, 0) is 4.74 Å². The van der Waals surface area contributed by atoms with E-state index < -0.39 is 0 Å². The van der Waals surface area contributed by atoms with E-state index in [9.17, 15) is 0 Å². The summed E-state index contributed by atoms with van der Waals surface area (Å²) in [5.74, 6) is 0.853. The molecule has 1 atom stereocenters. The zero-order valence-electron chi connectivity index (χ0n) is 11.0. The molecule has 0 bridgehead atoms. The maximum absolute atomic E-state index is 5.19. The van der Waals surface area contributed by atoms with Crippen molar-refractivity contribution in [2.24, 2.45) is 0 Å². The Morgan fingerprint density at radius 3 is 2.50 bits per heavy atom. The van der Waals surface area contributed by atoms with E-state index in [0.717, 1.165) is 11.3 Å². The van der Waals surface area contributed by atoms with Gasteiger partial charge in [0, 0.05) is 13.7 Å². The van der Waals surface area contributed by atoms with Crippen molar-refractivity contribution in [3.05, 3.63) is 29.8 Å². The summed E-state index contributed by atoms with van der Waals surface area (Å²) in [7, 11) is 3.32. The van der Waals surface area contributed by atoms with Gasteiger partial charge in [-0.05, 0) is 36.8 Å². The first kappa shape index (κ1) is 14.7. The standard InChI is InChI=1S/C13H20N2O2S/c1-10(15-13(18)14-8-9-16-2)11-4-6-12(17-3)7-5-11/h4-7,10H,8-9H2,1-3H3,(H2,14,15,18). The Labute approximate surface area is 114 Å². The van der Waals surface area contributed by atoms with Crippen molar-refractivity contribution in [3.63, 3.8) is 0 Å². The number of benzene rings is 1. The van der Waals surface area contributed by atoms with Gasteiger partial charge in [-0.1, -0.05) is 12.1 Å². The highest BCUT2D eigenvalue weighted by Crippen LogP contribution is 2.16. The molecule has 0 aliphatic rings. The maximum atomic E-state index is 5.19. The summed E-state index contributed by atoms with van der Waals surface area (Å²) in [6.45, 7) is 3.41. The van der Waals surface area contributed by atoms with Gasteiger partial charge in [0.1, 0.15) is 5.75 Å². The van der Waals surface area contributed by atoms with Crippen molar-refractivity contribution in [2.75, 3.05) is 27.4 Å². The van der Waals surface area contributed by atoms with Crippen LogP contribution in [0.15, 0.2) is 24.3 Å². The fourth-order valence-corrected chi connectivity index (χ4v) is 1.77. The lowest BCUT2D eigenvalue weighted by Crippen LogP contribution is -2.38. The molecule has 1 aromatic carbocycles. The molecule has 0 saturated heterocycles. The molecule has 0 aliphatic carbocycles. The first-order valence-corrected chi connectivity index (χ1v) is 6.25. The van der Waals surface area contributed by atoms with Crippen LogP contribution in [0.3, 0.4) is 0 Å². The van der Waals surface area contributed by atoms with Gasteiger partial charge >= 0.3 is 0 Å². The molecule has 5 heteroatoms. The van der Waals surface area contributed by atoms with Crippen LogP contribution in [0.25, 0.3) is 0 Å². The predicted octanol–water partition coefficient (Wildman–Crippen LogP) is 1.87. The average Bonchev–Trinajstić information content (AvgIpc) is 2.39. The minimum Gasteiger partial charge on any atom is -0.497 e. The summed E-state index contributed by atoms with van der Waals surface area (Å²) in [5, 5.41) is 6.93. The Bertz CT molecular complexity index is 368. The molecule has 2 N–H and O–H groups in total.